The van der Waals surface area contributed by atoms with Gasteiger partial charge in [-0.15, -0.1) is 0 Å². The van der Waals surface area contributed by atoms with Crippen LogP contribution in [0.1, 0.15) is 11.1 Å². The summed E-state index contributed by atoms with van der Waals surface area (Å²) in [4.78, 5) is 26.1. The molecule has 1 aliphatic rings. The number of thiocarbonyl (C=S) groups is 1. The number of halogens is 2. The van der Waals surface area contributed by atoms with Crippen molar-refractivity contribution in [2.75, 3.05) is 12.4 Å². The number of hydrogen-bond acceptors (Lipinski definition) is 7. The van der Waals surface area contributed by atoms with Crippen molar-refractivity contribution in [3.63, 3.8) is 0 Å². The molecule has 0 unspecified atom stereocenters. The molecule has 0 bridgehead atoms. The summed E-state index contributed by atoms with van der Waals surface area (Å²) in [6.07, 6.45) is 1.58. The number of phenols is 1. The van der Waals surface area contributed by atoms with Gasteiger partial charge in [0.25, 0.3) is 5.91 Å². The third kappa shape index (κ3) is 5.76. The number of carbonyl (C=O) groups excluding carboxylic acids is 2. The Balaban J connectivity index is 1.47. The van der Waals surface area contributed by atoms with Gasteiger partial charge in [0.2, 0.25) is 5.91 Å². The van der Waals surface area contributed by atoms with E-state index in [9.17, 15) is 14.7 Å². The number of para-hydroxylation sites is 2. The summed E-state index contributed by atoms with van der Waals surface area (Å²) in [7, 11) is 1.44. The van der Waals surface area contributed by atoms with Gasteiger partial charge < -0.3 is 15.2 Å². The molecule has 11 heteroatoms. The van der Waals surface area contributed by atoms with Crippen LogP contribution in [0.4, 0.5) is 11.4 Å². The molecule has 1 aliphatic heterocycles. The predicted octanol–water partition coefficient (Wildman–Crippen LogP) is 5.93. The number of nitrogens with zero attached hydrogens (tertiary/aromatic N) is 1. The molecule has 0 atom stereocenters. The van der Waals surface area contributed by atoms with Crippen LogP contribution >= 0.6 is 47.2 Å². The average Bonchev–Trinajstić information content (AvgIpc) is 3.11. The summed E-state index contributed by atoms with van der Waals surface area (Å²) in [5, 5.41) is 14.9. The monoisotopic (exact) mass is 559 g/mol. The minimum absolute atomic E-state index is 0.0129. The number of rotatable bonds is 7. The van der Waals surface area contributed by atoms with Gasteiger partial charge in [-0.2, -0.15) is 5.01 Å². The number of ether oxygens (including phenoxy) is 1. The first-order chi connectivity index (χ1) is 17.3. The van der Waals surface area contributed by atoms with E-state index in [2.05, 4.69) is 10.7 Å². The Morgan fingerprint density at radius 2 is 1.86 bits per heavy atom. The summed E-state index contributed by atoms with van der Waals surface area (Å²) >= 11 is 18.9. The maximum absolute atomic E-state index is 12.9. The molecular formula is C25H19Cl2N3O4S2. The Morgan fingerprint density at radius 3 is 2.58 bits per heavy atom. The van der Waals surface area contributed by atoms with Gasteiger partial charge in [0.1, 0.15) is 0 Å². The highest BCUT2D eigenvalue weighted by atomic mass is 35.5. The Labute approximate surface area is 227 Å². The molecule has 1 fully saturated rings. The van der Waals surface area contributed by atoms with Crippen LogP contribution in [0.3, 0.4) is 0 Å². The molecule has 0 aromatic heterocycles. The first-order valence-corrected chi connectivity index (χ1v) is 12.5. The van der Waals surface area contributed by atoms with Crippen molar-refractivity contribution in [2.24, 2.45) is 0 Å². The molecule has 0 spiro atoms. The molecular weight excluding hydrogens is 541 g/mol. The van der Waals surface area contributed by atoms with Gasteiger partial charge in [0.05, 0.1) is 34.2 Å². The van der Waals surface area contributed by atoms with Gasteiger partial charge >= 0.3 is 0 Å². The van der Waals surface area contributed by atoms with Crippen LogP contribution in [0.25, 0.3) is 6.08 Å². The maximum Gasteiger partial charge on any atom is 0.285 e. The van der Waals surface area contributed by atoms with Gasteiger partial charge in [0, 0.05) is 5.69 Å². The second-order valence-electron chi connectivity index (χ2n) is 7.54. The lowest BCUT2D eigenvalue weighted by Gasteiger charge is -2.17. The molecule has 3 N–H and O–H groups in total. The van der Waals surface area contributed by atoms with Crippen molar-refractivity contribution >= 4 is 80.8 Å². The first-order valence-electron chi connectivity index (χ1n) is 10.5. The van der Waals surface area contributed by atoms with E-state index in [-0.39, 0.29) is 22.2 Å². The van der Waals surface area contributed by atoms with Crippen LogP contribution in [0, 0.1) is 0 Å². The van der Waals surface area contributed by atoms with E-state index in [1.54, 1.807) is 54.6 Å². The summed E-state index contributed by atoms with van der Waals surface area (Å²) in [5.74, 6) is -0.628. The number of hydrazine groups is 1. The van der Waals surface area contributed by atoms with E-state index < -0.39 is 11.8 Å². The lowest BCUT2D eigenvalue weighted by molar-refractivity contribution is -0.132. The van der Waals surface area contributed by atoms with E-state index in [4.69, 9.17) is 40.2 Å². The Hall–Kier alpha value is -3.24. The van der Waals surface area contributed by atoms with Crippen LogP contribution < -0.4 is 15.5 Å². The van der Waals surface area contributed by atoms with Crippen molar-refractivity contribution in [3.05, 3.63) is 86.7 Å². The van der Waals surface area contributed by atoms with Gasteiger partial charge in [-0.3, -0.25) is 15.0 Å². The lowest BCUT2D eigenvalue weighted by atomic mass is 10.1. The number of phenolic OH excluding ortho intramolecular Hbond substituents is 1. The molecule has 7 nitrogen and oxygen atoms in total. The molecule has 3 aromatic rings. The fourth-order valence-electron chi connectivity index (χ4n) is 3.38. The number of hydrogen-bond donors (Lipinski definition) is 3. The number of nitrogens with one attached hydrogen (secondary N) is 2. The Bertz CT molecular complexity index is 1380. The number of amides is 2. The molecule has 1 saturated heterocycles. The number of benzene rings is 3. The van der Waals surface area contributed by atoms with Gasteiger partial charge in [-0.1, -0.05) is 65.3 Å². The smallest absolute Gasteiger partial charge is 0.285 e. The molecule has 0 radical (unpaired) electrons. The molecule has 1 heterocycles. The molecule has 36 heavy (non-hydrogen) atoms. The molecule has 0 saturated carbocycles. The quantitative estimate of drug-likeness (QED) is 0.244. The standard InChI is InChI=1S/C25H19Cl2N3O4S2/c1-34-20-11-14(9-10-19(20)31)12-21-24(33)30(25(35)36-21)29-22(32)13-15-5-2-3-8-18(15)28-23-16(26)6-4-7-17(23)27/h2-12,28,31H,13H2,1H3,(H,29,32)/b21-12-. The van der Waals surface area contributed by atoms with Crippen molar-refractivity contribution in [2.45, 2.75) is 6.42 Å². The molecule has 184 valence electrons. The number of anilines is 2. The van der Waals surface area contributed by atoms with Crippen LogP contribution in [-0.2, 0) is 16.0 Å². The van der Waals surface area contributed by atoms with Crippen LogP contribution in [0.2, 0.25) is 10.0 Å². The molecule has 0 aliphatic carbocycles. The Kier molecular flexibility index (Phi) is 8.05. The minimum atomic E-state index is -0.459. The van der Waals surface area contributed by atoms with E-state index in [1.165, 1.54) is 13.2 Å². The second-order valence-corrected chi connectivity index (χ2v) is 10.0. The van der Waals surface area contributed by atoms with Crippen molar-refractivity contribution in [3.8, 4) is 11.5 Å². The summed E-state index contributed by atoms with van der Waals surface area (Å²) in [6.45, 7) is 0. The third-order valence-corrected chi connectivity index (χ3v) is 7.05. The van der Waals surface area contributed by atoms with Gasteiger partial charge in [0.15, 0.2) is 15.8 Å². The zero-order valence-corrected chi connectivity index (χ0v) is 21.9. The van der Waals surface area contributed by atoms with E-state index in [1.807, 2.05) is 6.07 Å². The number of carbonyl (C=O) groups is 2. The minimum Gasteiger partial charge on any atom is -0.504 e. The van der Waals surface area contributed by atoms with Crippen LogP contribution in [0.5, 0.6) is 11.5 Å². The number of methoxy groups -OCH3 is 1. The highest BCUT2D eigenvalue weighted by Crippen LogP contribution is 2.35. The van der Waals surface area contributed by atoms with Crippen LogP contribution in [-0.4, -0.2) is 33.4 Å². The fourth-order valence-corrected chi connectivity index (χ4v) is 5.06. The Morgan fingerprint density at radius 1 is 1.14 bits per heavy atom. The van der Waals surface area contributed by atoms with Crippen LogP contribution in [0.15, 0.2) is 65.6 Å². The van der Waals surface area contributed by atoms with Gasteiger partial charge in [-0.25, -0.2) is 0 Å². The summed E-state index contributed by atoms with van der Waals surface area (Å²) in [6, 6.07) is 17.1. The topological polar surface area (TPSA) is 90.9 Å². The molecule has 3 aromatic carbocycles. The van der Waals surface area contributed by atoms with E-state index >= 15 is 0 Å². The largest absolute Gasteiger partial charge is 0.504 e. The van der Waals surface area contributed by atoms with E-state index in [0.29, 0.717) is 37.5 Å². The van der Waals surface area contributed by atoms with Crippen molar-refractivity contribution < 1.29 is 19.4 Å². The summed E-state index contributed by atoms with van der Waals surface area (Å²) < 4.78 is 5.30. The number of aromatic hydroxyl groups is 1. The average molecular weight is 560 g/mol. The van der Waals surface area contributed by atoms with E-state index in [0.717, 1.165) is 16.8 Å². The normalized spacial score (nSPS) is 14.3. The van der Waals surface area contributed by atoms with Crippen molar-refractivity contribution in [1.29, 1.82) is 0 Å². The SMILES string of the molecule is COc1cc(/C=C2\SC(=S)N(NC(=O)Cc3ccccc3Nc3c(Cl)cccc3Cl)C2=O)ccc1O. The predicted molar refractivity (Wildman–Crippen MR) is 148 cm³/mol. The highest BCUT2D eigenvalue weighted by Gasteiger charge is 2.33. The maximum atomic E-state index is 12.9. The fraction of sp³-hybridized carbons (Fsp3) is 0.0800. The lowest BCUT2D eigenvalue weighted by Crippen LogP contribution is -2.45. The second kappa shape index (κ2) is 11.2. The molecule has 4 rings (SSSR count). The first kappa shape index (κ1) is 25.8. The molecule has 2 amide bonds. The number of thioether (sulfide) groups is 1. The zero-order valence-electron chi connectivity index (χ0n) is 18.7. The zero-order chi connectivity index (χ0) is 25.8. The summed E-state index contributed by atoms with van der Waals surface area (Å²) in [5.41, 5.74) is 5.07. The van der Waals surface area contributed by atoms with Crippen molar-refractivity contribution in [1.82, 2.24) is 10.4 Å². The van der Waals surface area contributed by atoms with Gasteiger partial charge in [-0.05, 0) is 59.8 Å². The highest BCUT2D eigenvalue weighted by molar-refractivity contribution is 8.26. The third-order valence-electron chi connectivity index (χ3n) is 5.12.